The normalized spacial score (nSPS) is 27.9. The highest BCUT2D eigenvalue weighted by atomic mass is 16.5. The van der Waals surface area contributed by atoms with E-state index in [0.717, 1.165) is 0 Å². The molecule has 1 aliphatic heterocycles. The van der Waals surface area contributed by atoms with Crippen molar-refractivity contribution in [2.75, 3.05) is 13.2 Å². The van der Waals surface area contributed by atoms with Crippen molar-refractivity contribution in [3.05, 3.63) is 0 Å². The van der Waals surface area contributed by atoms with E-state index in [2.05, 4.69) is 0 Å². The summed E-state index contributed by atoms with van der Waals surface area (Å²) in [6.07, 6.45) is 1.52. The Hall–Kier alpha value is -0.610. The average molecular weight is 202 g/mol. The Kier molecular flexibility index (Phi) is 3.17. The van der Waals surface area contributed by atoms with Gasteiger partial charge in [-0.15, -0.1) is 0 Å². The zero-order chi connectivity index (χ0) is 10.8. The molecule has 0 bridgehead atoms. The lowest BCUT2D eigenvalue weighted by Crippen LogP contribution is -2.34. The first kappa shape index (κ1) is 11.5. The number of hydrogen-bond acceptors (Lipinski definition) is 3. The quantitative estimate of drug-likeness (QED) is 0.714. The maximum absolute atomic E-state index is 11.1. The number of ether oxygens (including phenoxy) is 1. The summed E-state index contributed by atoms with van der Waals surface area (Å²) in [6, 6.07) is 0. The van der Waals surface area contributed by atoms with Crippen LogP contribution >= 0.6 is 0 Å². The number of carboxylic acid groups (broad SMARTS) is 1. The van der Waals surface area contributed by atoms with E-state index in [0.29, 0.717) is 25.9 Å². The van der Waals surface area contributed by atoms with Gasteiger partial charge in [-0.3, -0.25) is 4.79 Å². The van der Waals surface area contributed by atoms with Crippen LogP contribution in [0.5, 0.6) is 0 Å². The van der Waals surface area contributed by atoms with Gasteiger partial charge in [0.1, 0.15) is 0 Å². The van der Waals surface area contributed by atoms with Gasteiger partial charge in [0, 0.05) is 6.61 Å². The van der Waals surface area contributed by atoms with Crippen LogP contribution < -0.4 is 0 Å². The van der Waals surface area contributed by atoms with Crippen LogP contribution in [0.2, 0.25) is 0 Å². The van der Waals surface area contributed by atoms with E-state index in [4.69, 9.17) is 9.84 Å². The zero-order valence-electron chi connectivity index (χ0n) is 8.75. The zero-order valence-corrected chi connectivity index (χ0v) is 8.75. The van der Waals surface area contributed by atoms with E-state index in [1.807, 2.05) is 0 Å². The van der Waals surface area contributed by atoms with Crippen LogP contribution in [-0.4, -0.2) is 35.0 Å². The average Bonchev–Trinajstić information content (AvgIpc) is 2.48. The maximum atomic E-state index is 11.1. The number of carbonyl (C=O) groups is 1. The highest BCUT2D eigenvalue weighted by Crippen LogP contribution is 2.35. The van der Waals surface area contributed by atoms with Crippen LogP contribution in [0.3, 0.4) is 0 Å². The third-order valence-electron chi connectivity index (χ3n) is 2.77. The summed E-state index contributed by atoms with van der Waals surface area (Å²) in [5, 5.41) is 18.6. The number of rotatable bonds is 4. The Morgan fingerprint density at radius 3 is 2.57 bits per heavy atom. The second-order valence-electron chi connectivity index (χ2n) is 4.70. The van der Waals surface area contributed by atoms with Gasteiger partial charge in [0.2, 0.25) is 0 Å². The van der Waals surface area contributed by atoms with Gasteiger partial charge in [0.15, 0.2) is 0 Å². The highest BCUT2D eigenvalue weighted by molar-refractivity contribution is 5.75. The summed E-state index contributed by atoms with van der Waals surface area (Å²) in [5.74, 6) is -0.806. The largest absolute Gasteiger partial charge is 0.481 e. The third-order valence-corrected chi connectivity index (χ3v) is 2.77. The smallest absolute Gasteiger partial charge is 0.312 e. The lowest BCUT2D eigenvalue weighted by atomic mass is 9.80. The molecule has 0 aromatic heterocycles. The molecule has 1 unspecified atom stereocenters. The Bertz CT molecular complexity index is 211. The first-order valence-corrected chi connectivity index (χ1v) is 4.89. The summed E-state index contributed by atoms with van der Waals surface area (Å²) in [5.41, 5.74) is -1.56. The molecule has 0 radical (unpaired) electrons. The molecule has 0 spiro atoms. The third kappa shape index (κ3) is 2.69. The Balaban J connectivity index is 2.57. The first-order chi connectivity index (χ1) is 6.36. The second-order valence-corrected chi connectivity index (χ2v) is 4.70. The van der Waals surface area contributed by atoms with Crippen LogP contribution in [0.25, 0.3) is 0 Å². The minimum absolute atomic E-state index is 0.276. The molecule has 14 heavy (non-hydrogen) atoms. The second kappa shape index (κ2) is 3.87. The molecule has 2 N–H and O–H groups in total. The molecule has 0 aromatic rings. The van der Waals surface area contributed by atoms with Gasteiger partial charge in [0.05, 0.1) is 17.6 Å². The summed E-state index contributed by atoms with van der Waals surface area (Å²) in [6.45, 7) is 4.17. The summed E-state index contributed by atoms with van der Waals surface area (Å²) >= 11 is 0. The van der Waals surface area contributed by atoms with Crippen molar-refractivity contribution in [1.82, 2.24) is 0 Å². The van der Waals surface area contributed by atoms with Gasteiger partial charge in [-0.1, -0.05) is 0 Å². The van der Waals surface area contributed by atoms with E-state index in [1.165, 1.54) is 0 Å². The van der Waals surface area contributed by atoms with Crippen molar-refractivity contribution in [2.45, 2.75) is 38.7 Å². The van der Waals surface area contributed by atoms with E-state index in [1.54, 1.807) is 13.8 Å². The summed E-state index contributed by atoms with van der Waals surface area (Å²) in [7, 11) is 0. The van der Waals surface area contributed by atoms with Crippen molar-refractivity contribution in [1.29, 1.82) is 0 Å². The molecule has 0 aromatic carbocycles. The Morgan fingerprint density at radius 1 is 1.57 bits per heavy atom. The molecular weight excluding hydrogens is 184 g/mol. The monoisotopic (exact) mass is 202 g/mol. The van der Waals surface area contributed by atoms with Crippen LogP contribution in [0, 0.1) is 5.41 Å². The van der Waals surface area contributed by atoms with E-state index < -0.39 is 17.0 Å². The van der Waals surface area contributed by atoms with Crippen LogP contribution in [-0.2, 0) is 9.53 Å². The van der Waals surface area contributed by atoms with Gasteiger partial charge in [0.25, 0.3) is 0 Å². The summed E-state index contributed by atoms with van der Waals surface area (Å²) in [4.78, 5) is 11.1. The van der Waals surface area contributed by atoms with E-state index >= 15 is 0 Å². The van der Waals surface area contributed by atoms with Gasteiger partial charge in [-0.2, -0.15) is 0 Å². The Morgan fingerprint density at radius 2 is 2.21 bits per heavy atom. The standard InChI is InChI=1S/C10H18O4/c1-9(2,13)3-4-10(8(11)12)5-6-14-7-10/h13H,3-7H2,1-2H3,(H,11,12). The van der Waals surface area contributed by atoms with Gasteiger partial charge >= 0.3 is 5.97 Å². The van der Waals surface area contributed by atoms with Crippen molar-refractivity contribution in [2.24, 2.45) is 5.41 Å². The van der Waals surface area contributed by atoms with Crippen molar-refractivity contribution in [3.8, 4) is 0 Å². The molecule has 1 aliphatic rings. The van der Waals surface area contributed by atoms with Crippen LogP contribution in [0.1, 0.15) is 33.1 Å². The van der Waals surface area contributed by atoms with Gasteiger partial charge in [-0.05, 0) is 33.1 Å². The van der Waals surface area contributed by atoms with Crippen molar-refractivity contribution < 1.29 is 19.7 Å². The molecular formula is C10H18O4. The minimum atomic E-state index is -0.806. The molecule has 4 nitrogen and oxygen atoms in total. The van der Waals surface area contributed by atoms with Crippen molar-refractivity contribution in [3.63, 3.8) is 0 Å². The molecule has 82 valence electrons. The molecule has 0 amide bonds. The highest BCUT2D eigenvalue weighted by Gasteiger charge is 2.42. The lowest BCUT2D eigenvalue weighted by Gasteiger charge is -2.26. The summed E-state index contributed by atoms with van der Waals surface area (Å²) < 4.78 is 5.12. The molecule has 1 rings (SSSR count). The fraction of sp³-hybridized carbons (Fsp3) is 0.900. The number of carboxylic acids is 1. The predicted octanol–water partition coefficient (Wildman–Crippen LogP) is 1.03. The number of hydrogen-bond donors (Lipinski definition) is 2. The molecule has 1 atom stereocenters. The lowest BCUT2D eigenvalue weighted by molar-refractivity contribution is -0.150. The molecule has 1 fully saturated rings. The topological polar surface area (TPSA) is 66.8 Å². The molecule has 1 saturated heterocycles. The van der Waals surface area contributed by atoms with Crippen LogP contribution in [0.15, 0.2) is 0 Å². The van der Waals surface area contributed by atoms with Crippen molar-refractivity contribution >= 4 is 5.97 Å². The fourth-order valence-corrected chi connectivity index (χ4v) is 1.63. The molecule has 4 heteroatoms. The first-order valence-electron chi connectivity index (χ1n) is 4.89. The number of aliphatic hydroxyl groups is 1. The minimum Gasteiger partial charge on any atom is -0.481 e. The molecule has 0 aliphatic carbocycles. The maximum Gasteiger partial charge on any atom is 0.312 e. The SMILES string of the molecule is CC(C)(O)CCC1(C(=O)O)CCOC1. The molecule has 0 saturated carbocycles. The van der Waals surface area contributed by atoms with E-state index in [-0.39, 0.29) is 6.61 Å². The van der Waals surface area contributed by atoms with Gasteiger partial charge in [-0.25, -0.2) is 0 Å². The molecule has 1 heterocycles. The fourth-order valence-electron chi connectivity index (χ4n) is 1.63. The predicted molar refractivity (Wildman–Crippen MR) is 51.0 cm³/mol. The van der Waals surface area contributed by atoms with Crippen LogP contribution in [0.4, 0.5) is 0 Å². The van der Waals surface area contributed by atoms with Gasteiger partial charge < -0.3 is 14.9 Å². The van der Waals surface area contributed by atoms with E-state index in [9.17, 15) is 9.90 Å². The Labute approximate surface area is 83.9 Å². The number of aliphatic carboxylic acids is 1.